The van der Waals surface area contributed by atoms with E-state index in [0.29, 0.717) is 22.9 Å². The summed E-state index contributed by atoms with van der Waals surface area (Å²) in [5.74, 6) is -0.914. The first kappa shape index (κ1) is 34.2. The van der Waals surface area contributed by atoms with Crippen molar-refractivity contribution in [2.24, 2.45) is 0 Å². The zero-order chi connectivity index (χ0) is 33.5. The number of amides is 2. The number of carbonyl (C=O) groups is 2. The minimum absolute atomic E-state index is 0.167. The van der Waals surface area contributed by atoms with Crippen molar-refractivity contribution in [2.45, 2.75) is 36.5 Å². The predicted molar refractivity (Wildman–Crippen MR) is 178 cm³/mol. The third kappa shape index (κ3) is 8.73. The maximum Gasteiger partial charge on any atom is 0.225 e. The van der Waals surface area contributed by atoms with Gasteiger partial charge in [0.1, 0.15) is 11.5 Å². The third-order valence-electron chi connectivity index (χ3n) is 7.24. The van der Waals surface area contributed by atoms with E-state index in [1.807, 2.05) is 13.8 Å². The average molecular weight is 665 g/mol. The van der Waals surface area contributed by atoms with Crippen LogP contribution in [-0.2, 0) is 29.3 Å². The zero-order valence-electron chi connectivity index (χ0n) is 26.0. The standard InChI is InChI=1S/C34H36N2O8S2/c1-23-5-11-27(12-6-23)45(39,40)19-17-33(37)35-29-15-9-25(21-31(29)43-3)26-10-16-30(32(22-26)44-4)36-34(38)18-20-46(41,42)28-13-7-24(2)8-14-28/h5-16,21-22H,17-20H2,1-4H3,(H,35,37)(H,36,38). The van der Waals surface area contributed by atoms with E-state index in [-0.39, 0.29) is 34.1 Å². The maximum absolute atomic E-state index is 12.6. The topological polar surface area (TPSA) is 145 Å². The predicted octanol–water partition coefficient (Wildman–Crippen LogP) is 5.59. The van der Waals surface area contributed by atoms with E-state index in [4.69, 9.17) is 9.47 Å². The first-order valence-corrected chi connectivity index (χ1v) is 17.7. The number of sulfone groups is 2. The van der Waals surface area contributed by atoms with Crippen LogP contribution in [0.1, 0.15) is 24.0 Å². The number of ether oxygens (including phenoxy) is 2. The minimum atomic E-state index is -3.62. The molecule has 2 N–H and O–H groups in total. The molecule has 0 fully saturated rings. The Hall–Kier alpha value is -4.68. The van der Waals surface area contributed by atoms with Gasteiger partial charge in [0, 0.05) is 12.8 Å². The van der Waals surface area contributed by atoms with E-state index in [0.717, 1.165) is 22.3 Å². The molecule has 0 aliphatic carbocycles. The van der Waals surface area contributed by atoms with Gasteiger partial charge in [0.05, 0.1) is 46.9 Å². The number of hydrogen-bond donors (Lipinski definition) is 2. The molecule has 0 atom stereocenters. The molecule has 0 spiro atoms. The van der Waals surface area contributed by atoms with Crippen molar-refractivity contribution in [3.05, 3.63) is 96.1 Å². The molecule has 4 rings (SSSR count). The number of nitrogens with one attached hydrogen (secondary N) is 2. The van der Waals surface area contributed by atoms with Crippen LogP contribution >= 0.6 is 0 Å². The van der Waals surface area contributed by atoms with Gasteiger partial charge in [-0.1, -0.05) is 47.5 Å². The highest BCUT2D eigenvalue weighted by Crippen LogP contribution is 2.35. The van der Waals surface area contributed by atoms with Crippen molar-refractivity contribution in [1.82, 2.24) is 0 Å². The molecule has 0 saturated carbocycles. The highest BCUT2D eigenvalue weighted by Gasteiger charge is 2.19. The van der Waals surface area contributed by atoms with E-state index in [2.05, 4.69) is 10.6 Å². The summed E-state index contributed by atoms with van der Waals surface area (Å²) in [4.78, 5) is 25.6. The molecule has 0 saturated heterocycles. The summed E-state index contributed by atoms with van der Waals surface area (Å²) in [5, 5.41) is 5.44. The van der Waals surface area contributed by atoms with E-state index >= 15 is 0 Å². The second kappa shape index (κ2) is 14.6. The van der Waals surface area contributed by atoms with Gasteiger partial charge in [-0.3, -0.25) is 9.59 Å². The van der Waals surface area contributed by atoms with Crippen molar-refractivity contribution in [1.29, 1.82) is 0 Å². The highest BCUT2D eigenvalue weighted by molar-refractivity contribution is 7.91. The minimum Gasteiger partial charge on any atom is -0.495 e. The van der Waals surface area contributed by atoms with Gasteiger partial charge in [-0.25, -0.2) is 16.8 Å². The molecule has 0 aliphatic heterocycles. The number of hydrogen-bond acceptors (Lipinski definition) is 8. The van der Waals surface area contributed by atoms with Crippen molar-refractivity contribution < 1.29 is 35.9 Å². The Morgan fingerprint density at radius 3 is 1.24 bits per heavy atom. The van der Waals surface area contributed by atoms with Gasteiger partial charge in [0.15, 0.2) is 19.7 Å². The molecule has 4 aromatic rings. The van der Waals surface area contributed by atoms with Crippen LogP contribution in [0.15, 0.2) is 94.7 Å². The molecular weight excluding hydrogens is 629 g/mol. The van der Waals surface area contributed by atoms with Gasteiger partial charge in [-0.05, 0) is 73.5 Å². The fourth-order valence-corrected chi connectivity index (χ4v) is 7.04. The molecule has 4 aromatic carbocycles. The van der Waals surface area contributed by atoms with Crippen LogP contribution in [0.25, 0.3) is 11.1 Å². The lowest BCUT2D eigenvalue weighted by molar-refractivity contribution is -0.116. The lowest BCUT2D eigenvalue weighted by atomic mass is 10.0. The molecular formula is C34H36N2O8S2. The number of carbonyl (C=O) groups excluding carboxylic acids is 2. The summed E-state index contributed by atoms with van der Waals surface area (Å²) >= 11 is 0. The molecule has 0 aliphatic rings. The van der Waals surface area contributed by atoms with Crippen LogP contribution in [0.5, 0.6) is 11.5 Å². The van der Waals surface area contributed by atoms with Gasteiger partial charge in [0.2, 0.25) is 11.8 Å². The van der Waals surface area contributed by atoms with Crippen LogP contribution in [0.3, 0.4) is 0 Å². The Morgan fingerprint density at radius 1 is 0.565 bits per heavy atom. The molecule has 0 aromatic heterocycles. The van der Waals surface area contributed by atoms with Crippen LogP contribution in [0.4, 0.5) is 11.4 Å². The second-order valence-corrected chi connectivity index (χ2v) is 14.9. The van der Waals surface area contributed by atoms with Crippen LogP contribution in [-0.4, -0.2) is 54.4 Å². The van der Waals surface area contributed by atoms with E-state index in [1.54, 1.807) is 60.7 Å². The third-order valence-corrected chi connectivity index (χ3v) is 10.7. The number of anilines is 2. The molecule has 0 unspecified atom stereocenters. The molecule has 2 amide bonds. The lowest BCUT2D eigenvalue weighted by Gasteiger charge is -2.15. The SMILES string of the molecule is COc1cc(-c2ccc(NC(=O)CCS(=O)(=O)c3ccc(C)cc3)c(OC)c2)ccc1NC(=O)CCS(=O)(=O)c1ccc(C)cc1. The fraction of sp³-hybridized carbons (Fsp3) is 0.235. The monoisotopic (exact) mass is 664 g/mol. The number of rotatable bonds is 13. The van der Waals surface area contributed by atoms with Crippen LogP contribution in [0, 0.1) is 13.8 Å². The van der Waals surface area contributed by atoms with Gasteiger partial charge in [0.25, 0.3) is 0 Å². The van der Waals surface area contributed by atoms with E-state index in [9.17, 15) is 26.4 Å². The van der Waals surface area contributed by atoms with Gasteiger partial charge < -0.3 is 20.1 Å². The maximum atomic E-state index is 12.6. The largest absolute Gasteiger partial charge is 0.495 e. The Bertz CT molecular complexity index is 1800. The van der Waals surface area contributed by atoms with Crippen molar-refractivity contribution in [2.75, 3.05) is 36.4 Å². The molecule has 0 heterocycles. The van der Waals surface area contributed by atoms with Crippen LogP contribution in [0.2, 0.25) is 0 Å². The van der Waals surface area contributed by atoms with Gasteiger partial charge in [-0.15, -0.1) is 0 Å². The quantitative estimate of drug-likeness (QED) is 0.188. The Kier molecular flexibility index (Phi) is 10.9. The molecule has 46 heavy (non-hydrogen) atoms. The summed E-state index contributed by atoms with van der Waals surface area (Å²) < 4.78 is 61.5. The number of methoxy groups -OCH3 is 2. The summed E-state index contributed by atoms with van der Waals surface area (Å²) in [6.07, 6.45) is -0.466. The molecule has 0 bridgehead atoms. The van der Waals surface area contributed by atoms with Gasteiger partial charge >= 0.3 is 0 Å². The van der Waals surface area contributed by atoms with Crippen LogP contribution < -0.4 is 20.1 Å². The summed E-state index contributed by atoms with van der Waals surface area (Å²) in [6, 6.07) is 23.2. The normalized spacial score (nSPS) is 11.5. The number of aryl methyl sites for hydroxylation is 2. The highest BCUT2D eigenvalue weighted by atomic mass is 32.2. The molecule has 10 nitrogen and oxygen atoms in total. The Morgan fingerprint density at radius 2 is 0.913 bits per heavy atom. The lowest BCUT2D eigenvalue weighted by Crippen LogP contribution is -2.18. The van der Waals surface area contributed by atoms with Crippen molar-refractivity contribution in [3.8, 4) is 22.6 Å². The summed E-state index contributed by atoms with van der Waals surface area (Å²) in [6.45, 7) is 3.73. The number of benzene rings is 4. The first-order chi connectivity index (χ1) is 21.8. The summed E-state index contributed by atoms with van der Waals surface area (Å²) in [7, 11) is -4.33. The fourth-order valence-electron chi connectivity index (χ4n) is 4.55. The average Bonchev–Trinajstić information content (AvgIpc) is 3.04. The molecule has 0 radical (unpaired) electrons. The van der Waals surface area contributed by atoms with Crippen molar-refractivity contribution >= 4 is 42.9 Å². The summed E-state index contributed by atoms with van der Waals surface area (Å²) in [5.41, 5.74) is 4.07. The second-order valence-electron chi connectivity index (χ2n) is 10.7. The molecule has 12 heteroatoms. The van der Waals surface area contributed by atoms with Gasteiger partial charge in [-0.2, -0.15) is 0 Å². The molecule has 242 valence electrons. The van der Waals surface area contributed by atoms with Crippen molar-refractivity contribution in [3.63, 3.8) is 0 Å². The van der Waals surface area contributed by atoms with E-state index < -0.39 is 31.5 Å². The Balaban J connectivity index is 1.40. The smallest absolute Gasteiger partial charge is 0.225 e. The zero-order valence-corrected chi connectivity index (χ0v) is 27.6. The Labute approximate surface area is 269 Å². The van der Waals surface area contributed by atoms with E-state index in [1.165, 1.54) is 38.5 Å². The first-order valence-electron chi connectivity index (χ1n) is 14.4.